The lowest BCUT2D eigenvalue weighted by atomic mass is 9.96. The van der Waals surface area contributed by atoms with Gasteiger partial charge in [-0.05, 0) is 43.7 Å². The van der Waals surface area contributed by atoms with Gasteiger partial charge in [-0.15, -0.1) is 24.0 Å². The van der Waals surface area contributed by atoms with Gasteiger partial charge in [-0.3, -0.25) is 4.99 Å². The van der Waals surface area contributed by atoms with Crippen molar-refractivity contribution in [3.05, 3.63) is 36.0 Å². The molecule has 0 radical (unpaired) electrons. The highest BCUT2D eigenvalue weighted by Crippen LogP contribution is 2.34. The van der Waals surface area contributed by atoms with Gasteiger partial charge in [-0.2, -0.15) is 0 Å². The topological polar surface area (TPSA) is 61.4 Å². The third kappa shape index (κ3) is 4.11. The molecule has 136 valence electrons. The van der Waals surface area contributed by atoms with E-state index in [9.17, 15) is 0 Å². The van der Waals surface area contributed by atoms with Crippen LogP contribution in [-0.2, 0) is 11.2 Å². The van der Waals surface area contributed by atoms with Crippen molar-refractivity contribution in [2.45, 2.75) is 50.4 Å². The first-order valence-electron chi connectivity index (χ1n) is 9.01. The number of fused-ring (bicyclic) bond motifs is 3. The number of halogens is 1. The van der Waals surface area contributed by atoms with Gasteiger partial charge in [-0.25, -0.2) is 0 Å². The number of H-pyrrole nitrogens is 1. The normalized spacial score (nSPS) is 25.2. The fourth-order valence-corrected chi connectivity index (χ4v) is 3.98. The molecule has 1 aromatic heterocycles. The molecule has 0 aliphatic carbocycles. The SMILES string of the molecule is CN=C(NCCCc1c[nH]c2ccccc12)NC1CC2CCC1O2.I. The van der Waals surface area contributed by atoms with Crippen LogP contribution in [0, 0.1) is 0 Å². The lowest BCUT2D eigenvalue weighted by molar-refractivity contribution is 0.0992. The maximum absolute atomic E-state index is 5.90. The fourth-order valence-electron chi connectivity index (χ4n) is 3.98. The molecule has 3 heterocycles. The summed E-state index contributed by atoms with van der Waals surface area (Å²) in [5.41, 5.74) is 2.60. The zero-order valence-electron chi connectivity index (χ0n) is 14.6. The number of nitrogens with zero attached hydrogens (tertiary/aromatic N) is 1. The second kappa shape index (κ2) is 8.40. The van der Waals surface area contributed by atoms with E-state index in [0.29, 0.717) is 18.2 Å². The molecule has 2 aliphatic rings. The van der Waals surface area contributed by atoms with Crippen LogP contribution in [0.3, 0.4) is 0 Å². The van der Waals surface area contributed by atoms with E-state index in [4.69, 9.17) is 4.74 Å². The second-order valence-corrected chi connectivity index (χ2v) is 6.82. The number of guanidine groups is 1. The summed E-state index contributed by atoms with van der Waals surface area (Å²) in [6.07, 6.45) is 8.62. The molecule has 6 heteroatoms. The summed E-state index contributed by atoms with van der Waals surface area (Å²) in [7, 11) is 1.84. The van der Waals surface area contributed by atoms with Gasteiger partial charge < -0.3 is 20.4 Å². The van der Waals surface area contributed by atoms with Gasteiger partial charge in [0, 0.05) is 30.7 Å². The van der Waals surface area contributed by atoms with Crippen molar-refractivity contribution in [3.63, 3.8) is 0 Å². The molecule has 2 aliphatic heterocycles. The summed E-state index contributed by atoms with van der Waals surface area (Å²) in [5, 5.41) is 8.30. The minimum atomic E-state index is 0. The van der Waals surface area contributed by atoms with Gasteiger partial charge in [0.1, 0.15) is 0 Å². The monoisotopic (exact) mass is 454 g/mol. The zero-order valence-corrected chi connectivity index (χ0v) is 17.0. The lowest BCUT2D eigenvalue weighted by Gasteiger charge is -2.22. The summed E-state index contributed by atoms with van der Waals surface area (Å²) >= 11 is 0. The summed E-state index contributed by atoms with van der Waals surface area (Å²) in [5.74, 6) is 0.898. The van der Waals surface area contributed by atoms with Gasteiger partial charge in [0.05, 0.1) is 18.2 Å². The Morgan fingerprint density at radius 3 is 2.96 bits per heavy atom. The first kappa shape index (κ1) is 18.5. The van der Waals surface area contributed by atoms with E-state index in [-0.39, 0.29) is 24.0 Å². The fraction of sp³-hybridized carbons (Fsp3) is 0.526. The van der Waals surface area contributed by atoms with E-state index in [2.05, 4.69) is 51.1 Å². The average Bonchev–Trinajstić information content (AvgIpc) is 3.33. The molecule has 4 rings (SSSR count). The van der Waals surface area contributed by atoms with Crippen LogP contribution in [0.15, 0.2) is 35.5 Å². The van der Waals surface area contributed by atoms with Crippen LogP contribution in [0.25, 0.3) is 10.9 Å². The molecule has 0 spiro atoms. The maximum atomic E-state index is 5.90. The number of hydrogen-bond donors (Lipinski definition) is 3. The van der Waals surface area contributed by atoms with E-state index in [1.807, 2.05) is 7.05 Å². The highest BCUT2D eigenvalue weighted by atomic mass is 127. The Bertz CT molecular complexity index is 729. The van der Waals surface area contributed by atoms with Gasteiger partial charge >= 0.3 is 0 Å². The summed E-state index contributed by atoms with van der Waals surface area (Å²) in [6, 6.07) is 8.90. The van der Waals surface area contributed by atoms with Crippen LogP contribution in [0.2, 0.25) is 0 Å². The molecule has 1 aromatic carbocycles. The van der Waals surface area contributed by atoms with Gasteiger partial charge in [0.15, 0.2) is 5.96 Å². The van der Waals surface area contributed by atoms with Crippen LogP contribution in [-0.4, -0.2) is 42.8 Å². The minimum absolute atomic E-state index is 0. The molecule has 3 unspecified atom stereocenters. The van der Waals surface area contributed by atoms with Gasteiger partial charge in [0.25, 0.3) is 0 Å². The molecule has 2 fully saturated rings. The van der Waals surface area contributed by atoms with Crippen molar-refractivity contribution in [1.82, 2.24) is 15.6 Å². The third-order valence-electron chi connectivity index (χ3n) is 5.24. The van der Waals surface area contributed by atoms with E-state index in [1.54, 1.807) is 0 Å². The average molecular weight is 454 g/mol. The second-order valence-electron chi connectivity index (χ2n) is 6.82. The number of aliphatic imine (C=N–C) groups is 1. The smallest absolute Gasteiger partial charge is 0.191 e. The molecule has 2 aromatic rings. The molecule has 25 heavy (non-hydrogen) atoms. The first-order chi connectivity index (χ1) is 11.8. The largest absolute Gasteiger partial charge is 0.373 e. The van der Waals surface area contributed by atoms with Gasteiger partial charge in [-0.1, -0.05) is 18.2 Å². The Hall–Kier alpha value is -1.28. The number of rotatable bonds is 5. The Morgan fingerprint density at radius 2 is 2.20 bits per heavy atom. The van der Waals surface area contributed by atoms with Crippen molar-refractivity contribution < 1.29 is 4.74 Å². The van der Waals surface area contributed by atoms with Crippen LogP contribution >= 0.6 is 24.0 Å². The molecule has 0 saturated carbocycles. The number of para-hydroxylation sites is 1. The minimum Gasteiger partial charge on any atom is -0.373 e. The molecule has 3 N–H and O–H groups in total. The predicted molar refractivity (Wildman–Crippen MR) is 113 cm³/mol. The maximum Gasteiger partial charge on any atom is 0.191 e. The number of ether oxygens (including phenoxy) is 1. The molecule has 0 amide bonds. The highest BCUT2D eigenvalue weighted by molar-refractivity contribution is 14.0. The summed E-state index contributed by atoms with van der Waals surface area (Å²) in [4.78, 5) is 7.69. The molecule has 2 bridgehead atoms. The van der Waals surface area contributed by atoms with Crippen molar-refractivity contribution in [1.29, 1.82) is 0 Å². The Labute approximate surface area is 166 Å². The number of aromatic amines is 1. The Morgan fingerprint density at radius 1 is 1.32 bits per heavy atom. The Kier molecular flexibility index (Phi) is 6.22. The third-order valence-corrected chi connectivity index (χ3v) is 5.24. The summed E-state index contributed by atoms with van der Waals surface area (Å²) in [6.45, 7) is 0.918. The van der Waals surface area contributed by atoms with Crippen molar-refractivity contribution >= 4 is 40.8 Å². The number of benzene rings is 1. The molecular weight excluding hydrogens is 427 g/mol. The van der Waals surface area contributed by atoms with Crippen molar-refractivity contribution in [2.75, 3.05) is 13.6 Å². The van der Waals surface area contributed by atoms with Crippen molar-refractivity contribution in [3.8, 4) is 0 Å². The van der Waals surface area contributed by atoms with Crippen LogP contribution in [0.1, 0.15) is 31.2 Å². The van der Waals surface area contributed by atoms with Gasteiger partial charge in [0.2, 0.25) is 0 Å². The number of aryl methyl sites for hydroxylation is 1. The number of hydrogen-bond acceptors (Lipinski definition) is 2. The van der Waals surface area contributed by atoms with E-state index >= 15 is 0 Å². The van der Waals surface area contributed by atoms with E-state index in [1.165, 1.54) is 29.3 Å². The van der Waals surface area contributed by atoms with E-state index in [0.717, 1.165) is 31.8 Å². The molecule has 5 nitrogen and oxygen atoms in total. The van der Waals surface area contributed by atoms with Crippen LogP contribution in [0.4, 0.5) is 0 Å². The van der Waals surface area contributed by atoms with E-state index < -0.39 is 0 Å². The number of nitrogens with one attached hydrogen (secondary N) is 3. The summed E-state index contributed by atoms with van der Waals surface area (Å²) < 4.78 is 5.90. The predicted octanol–water partition coefficient (Wildman–Crippen LogP) is 3.20. The molecular formula is C19H27IN4O. The van der Waals surface area contributed by atoms with Crippen molar-refractivity contribution in [2.24, 2.45) is 4.99 Å². The zero-order chi connectivity index (χ0) is 16.4. The Balaban J connectivity index is 0.00000182. The highest BCUT2D eigenvalue weighted by Gasteiger charge is 2.41. The molecule has 2 saturated heterocycles. The van der Waals surface area contributed by atoms with Crippen LogP contribution in [0.5, 0.6) is 0 Å². The first-order valence-corrected chi connectivity index (χ1v) is 9.01. The van der Waals surface area contributed by atoms with Crippen LogP contribution < -0.4 is 10.6 Å². The lowest BCUT2D eigenvalue weighted by Crippen LogP contribution is -2.47. The number of aromatic nitrogens is 1. The quantitative estimate of drug-likeness (QED) is 0.282. The standard InChI is InChI=1S/C19H26N4O.HI/c1-20-19(23-17-11-14-8-9-18(17)24-14)21-10-4-5-13-12-22-16-7-3-2-6-15(13)16;/h2-3,6-7,12,14,17-18,22H,4-5,8-11H2,1H3,(H2,20,21,23);1H. The molecule has 3 atom stereocenters.